The Hall–Kier alpha value is -3.22. The molecule has 0 aliphatic heterocycles. The summed E-state index contributed by atoms with van der Waals surface area (Å²) in [6.07, 6.45) is 4.99. The van der Waals surface area contributed by atoms with Crippen LogP contribution in [0.1, 0.15) is 46.9 Å². The second-order valence-corrected chi connectivity index (χ2v) is 7.81. The first-order valence-corrected chi connectivity index (χ1v) is 10.1. The summed E-state index contributed by atoms with van der Waals surface area (Å²) in [6, 6.07) is 10.1. The van der Waals surface area contributed by atoms with E-state index in [1.807, 2.05) is 44.6 Å². The number of pyridine rings is 1. The SMILES string of the molecule is Cc1nn(C)c2nc(C3CC3)cc(C(=O)NCCCn3cnc4ccccc43)c12. The van der Waals surface area contributed by atoms with Gasteiger partial charge in [0.15, 0.2) is 5.65 Å². The van der Waals surface area contributed by atoms with Crippen molar-refractivity contribution in [3.63, 3.8) is 0 Å². The fraction of sp³-hybridized carbons (Fsp3) is 0.364. The van der Waals surface area contributed by atoms with Gasteiger partial charge in [-0.2, -0.15) is 5.10 Å². The van der Waals surface area contributed by atoms with E-state index >= 15 is 0 Å². The Morgan fingerprint density at radius 2 is 2.10 bits per heavy atom. The zero-order valence-corrected chi connectivity index (χ0v) is 16.7. The van der Waals surface area contributed by atoms with Crippen LogP contribution in [-0.2, 0) is 13.6 Å². The molecule has 3 aromatic heterocycles. The lowest BCUT2D eigenvalue weighted by atomic mass is 10.1. The molecule has 0 atom stereocenters. The predicted molar refractivity (Wildman–Crippen MR) is 112 cm³/mol. The maximum atomic E-state index is 13.0. The molecule has 3 heterocycles. The van der Waals surface area contributed by atoms with Gasteiger partial charge < -0.3 is 9.88 Å². The summed E-state index contributed by atoms with van der Waals surface area (Å²) in [7, 11) is 1.89. The minimum Gasteiger partial charge on any atom is -0.352 e. The molecule has 4 aromatic rings. The van der Waals surface area contributed by atoms with Gasteiger partial charge in [-0.15, -0.1) is 0 Å². The molecule has 1 N–H and O–H groups in total. The van der Waals surface area contributed by atoms with Crippen LogP contribution >= 0.6 is 0 Å². The number of carbonyl (C=O) groups is 1. The molecule has 7 heteroatoms. The Morgan fingerprint density at radius 1 is 1.28 bits per heavy atom. The van der Waals surface area contributed by atoms with Gasteiger partial charge in [0.05, 0.1) is 34.0 Å². The Labute approximate surface area is 168 Å². The van der Waals surface area contributed by atoms with Gasteiger partial charge >= 0.3 is 0 Å². The number of imidazole rings is 1. The Balaban J connectivity index is 1.31. The number of amides is 1. The molecule has 1 fully saturated rings. The number of nitrogens with one attached hydrogen (secondary N) is 1. The third kappa shape index (κ3) is 3.26. The van der Waals surface area contributed by atoms with Gasteiger partial charge in [0, 0.05) is 31.7 Å². The molecule has 0 bridgehead atoms. The van der Waals surface area contributed by atoms with Crippen molar-refractivity contribution in [2.75, 3.05) is 6.54 Å². The minimum absolute atomic E-state index is 0.0501. The first-order valence-electron chi connectivity index (χ1n) is 10.1. The van der Waals surface area contributed by atoms with Crippen molar-refractivity contribution in [3.05, 3.63) is 53.6 Å². The molecule has 1 aliphatic rings. The van der Waals surface area contributed by atoms with E-state index in [1.54, 1.807) is 4.68 Å². The van der Waals surface area contributed by atoms with Crippen molar-refractivity contribution in [3.8, 4) is 0 Å². The van der Waals surface area contributed by atoms with Crippen LogP contribution in [0.25, 0.3) is 22.1 Å². The number of hydrogen-bond donors (Lipinski definition) is 1. The standard InChI is InChI=1S/C22H24N6O/c1-14-20-16(12-18(15-8-9-15)25-21(20)27(2)26-14)22(29)23-10-5-11-28-13-24-17-6-3-4-7-19(17)28/h3-4,6-7,12-13,15H,5,8-11H2,1-2H3,(H,23,29). The lowest BCUT2D eigenvalue weighted by Crippen LogP contribution is -2.25. The predicted octanol–water partition coefficient (Wildman–Crippen LogP) is 3.32. The smallest absolute Gasteiger partial charge is 0.252 e. The molecule has 1 saturated carbocycles. The van der Waals surface area contributed by atoms with Crippen LogP contribution in [0.3, 0.4) is 0 Å². The zero-order valence-electron chi connectivity index (χ0n) is 16.7. The number of fused-ring (bicyclic) bond motifs is 2. The van der Waals surface area contributed by atoms with Crippen LogP contribution in [0.15, 0.2) is 36.7 Å². The molecular weight excluding hydrogens is 364 g/mol. The monoisotopic (exact) mass is 388 g/mol. The second kappa shape index (κ2) is 6.99. The Kier molecular flexibility index (Phi) is 4.30. The largest absolute Gasteiger partial charge is 0.352 e. The van der Waals surface area contributed by atoms with Crippen molar-refractivity contribution in [2.45, 2.75) is 38.6 Å². The second-order valence-electron chi connectivity index (χ2n) is 7.81. The first-order chi connectivity index (χ1) is 14.1. The number of aryl methyl sites for hydroxylation is 3. The van der Waals surface area contributed by atoms with Crippen molar-refractivity contribution < 1.29 is 4.79 Å². The number of nitrogens with zero attached hydrogens (tertiary/aromatic N) is 5. The summed E-state index contributed by atoms with van der Waals surface area (Å²) < 4.78 is 3.90. The first kappa shape index (κ1) is 17.8. The van der Waals surface area contributed by atoms with E-state index < -0.39 is 0 Å². The fourth-order valence-corrected chi connectivity index (χ4v) is 3.97. The van der Waals surface area contributed by atoms with E-state index in [9.17, 15) is 4.79 Å². The van der Waals surface area contributed by atoms with Crippen molar-refractivity contribution >= 4 is 28.0 Å². The summed E-state index contributed by atoms with van der Waals surface area (Å²) in [5.74, 6) is 0.432. The number of benzene rings is 1. The number of hydrogen-bond acceptors (Lipinski definition) is 4. The minimum atomic E-state index is -0.0501. The molecule has 5 rings (SSSR count). The highest BCUT2D eigenvalue weighted by molar-refractivity contribution is 6.06. The number of aromatic nitrogens is 5. The average molecular weight is 388 g/mol. The molecule has 0 unspecified atom stereocenters. The summed E-state index contributed by atoms with van der Waals surface area (Å²) in [6.45, 7) is 3.35. The van der Waals surface area contributed by atoms with E-state index in [0.29, 0.717) is 18.0 Å². The third-order valence-corrected chi connectivity index (χ3v) is 5.62. The normalized spacial score (nSPS) is 14.0. The third-order valence-electron chi connectivity index (χ3n) is 5.62. The summed E-state index contributed by atoms with van der Waals surface area (Å²) >= 11 is 0. The van der Waals surface area contributed by atoms with Crippen molar-refractivity contribution in [2.24, 2.45) is 7.05 Å². The number of para-hydroxylation sites is 2. The number of carbonyl (C=O) groups excluding carboxylic acids is 1. The molecule has 0 saturated heterocycles. The Morgan fingerprint density at radius 3 is 2.93 bits per heavy atom. The van der Waals surface area contributed by atoms with Crippen molar-refractivity contribution in [1.29, 1.82) is 0 Å². The van der Waals surface area contributed by atoms with Crippen LogP contribution in [0.4, 0.5) is 0 Å². The summed E-state index contributed by atoms with van der Waals surface area (Å²) in [4.78, 5) is 22.2. The maximum Gasteiger partial charge on any atom is 0.252 e. The fourth-order valence-electron chi connectivity index (χ4n) is 3.97. The highest BCUT2D eigenvalue weighted by Crippen LogP contribution is 2.40. The molecule has 0 radical (unpaired) electrons. The molecule has 0 spiro atoms. The van der Waals surface area contributed by atoms with Gasteiger partial charge in [0.1, 0.15) is 0 Å². The maximum absolute atomic E-state index is 13.0. The lowest BCUT2D eigenvalue weighted by Gasteiger charge is -2.09. The van der Waals surface area contributed by atoms with Gasteiger partial charge in [-0.05, 0) is 44.4 Å². The van der Waals surface area contributed by atoms with E-state index in [1.165, 1.54) is 0 Å². The van der Waals surface area contributed by atoms with Gasteiger partial charge in [0.2, 0.25) is 0 Å². The highest BCUT2D eigenvalue weighted by atomic mass is 16.1. The zero-order chi connectivity index (χ0) is 20.0. The van der Waals surface area contributed by atoms with E-state index in [2.05, 4.69) is 26.0 Å². The van der Waals surface area contributed by atoms with Gasteiger partial charge in [0.25, 0.3) is 5.91 Å². The van der Waals surface area contributed by atoms with Crippen LogP contribution < -0.4 is 5.32 Å². The molecule has 148 valence electrons. The average Bonchev–Trinajstić information content (AvgIpc) is 3.44. The topological polar surface area (TPSA) is 77.6 Å². The molecule has 7 nitrogen and oxygen atoms in total. The van der Waals surface area contributed by atoms with Crippen LogP contribution in [0, 0.1) is 6.92 Å². The van der Waals surface area contributed by atoms with E-state index in [0.717, 1.165) is 59.3 Å². The van der Waals surface area contributed by atoms with E-state index in [-0.39, 0.29) is 5.91 Å². The highest BCUT2D eigenvalue weighted by Gasteiger charge is 2.28. The molecule has 1 aromatic carbocycles. The molecular formula is C22H24N6O. The Bertz CT molecular complexity index is 1220. The van der Waals surface area contributed by atoms with Gasteiger partial charge in [-0.25, -0.2) is 9.97 Å². The number of rotatable bonds is 6. The van der Waals surface area contributed by atoms with Crippen LogP contribution in [0.5, 0.6) is 0 Å². The summed E-state index contributed by atoms with van der Waals surface area (Å²) in [5, 5.41) is 8.42. The van der Waals surface area contributed by atoms with Crippen molar-refractivity contribution in [1.82, 2.24) is 29.6 Å². The molecule has 1 aliphatic carbocycles. The van der Waals surface area contributed by atoms with Gasteiger partial charge in [-0.1, -0.05) is 12.1 Å². The van der Waals surface area contributed by atoms with Crippen LogP contribution in [0.2, 0.25) is 0 Å². The summed E-state index contributed by atoms with van der Waals surface area (Å²) in [5.41, 5.74) is 5.45. The molecule has 1 amide bonds. The van der Waals surface area contributed by atoms with E-state index in [4.69, 9.17) is 4.98 Å². The lowest BCUT2D eigenvalue weighted by molar-refractivity contribution is 0.0954. The quantitative estimate of drug-likeness (QED) is 0.514. The molecule has 29 heavy (non-hydrogen) atoms. The van der Waals surface area contributed by atoms with Gasteiger partial charge in [-0.3, -0.25) is 9.48 Å². The van der Waals surface area contributed by atoms with Crippen LogP contribution in [-0.4, -0.2) is 36.8 Å².